The molecule has 1 saturated heterocycles. The molecule has 0 aliphatic carbocycles. The number of anilines is 1. The predicted octanol–water partition coefficient (Wildman–Crippen LogP) is 2.45. The third-order valence-corrected chi connectivity index (χ3v) is 4.07. The molecular weight excluding hydrogens is 238 g/mol. The Balaban J connectivity index is 1.89. The molecule has 1 aliphatic rings. The van der Waals surface area contributed by atoms with Crippen LogP contribution in [0.4, 0.5) is 5.82 Å². The maximum absolute atomic E-state index is 4.67. The van der Waals surface area contributed by atoms with Gasteiger partial charge in [-0.05, 0) is 43.7 Å². The lowest BCUT2D eigenvalue weighted by Crippen LogP contribution is -2.26. The Kier molecular flexibility index (Phi) is 2.92. The van der Waals surface area contributed by atoms with E-state index in [1.807, 2.05) is 17.5 Å². The highest BCUT2D eigenvalue weighted by atomic mass is 15.4. The highest BCUT2D eigenvalue weighted by Crippen LogP contribution is 2.31. The van der Waals surface area contributed by atoms with Crippen LogP contribution in [0.3, 0.4) is 0 Å². The normalized spacial score (nSPS) is 19.6. The minimum absolute atomic E-state index is 0.450. The summed E-state index contributed by atoms with van der Waals surface area (Å²) in [6.45, 7) is 8.81. The summed E-state index contributed by atoms with van der Waals surface area (Å²) >= 11 is 0. The molecule has 5 nitrogen and oxygen atoms in total. The van der Waals surface area contributed by atoms with E-state index in [4.69, 9.17) is 0 Å². The van der Waals surface area contributed by atoms with Gasteiger partial charge in [0, 0.05) is 13.1 Å². The first-order valence-electron chi connectivity index (χ1n) is 6.99. The molecule has 2 aromatic heterocycles. The second-order valence-electron chi connectivity index (χ2n) is 6.21. The number of fused-ring (bicyclic) bond motifs is 1. The van der Waals surface area contributed by atoms with Gasteiger partial charge in [0.1, 0.15) is 5.82 Å². The first kappa shape index (κ1) is 12.4. The molecule has 2 aromatic rings. The Bertz CT molecular complexity index is 587. The van der Waals surface area contributed by atoms with Gasteiger partial charge in [0.25, 0.3) is 0 Å². The maximum atomic E-state index is 4.67. The molecule has 3 heterocycles. The number of hydrogen-bond acceptors (Lipinski definition) is 4. The number of aryl methyl sites for hydroxylation is 1. The second-order valence-corrected chi connectivity index (χ2v) is 6.21. The maximum Gasteiger partial charge on any atom is 0.178 e. The largest absolute Gasteiger partial charge is 0.355 e. The van der Waals surface area contributed by atoms with E-state index in [1.54, 1.807) is 0 Å². The van der Waals surface area contributed by atoms with E-state index in [2.05, 4.69) is 40.1 Å². The number of hydrogen-bond donors (Lipinski definition) is 0. The van der Waals surface area contributed by atoms with Crippen molar-refractivity contribution in [3.8, 4) is 0 Å². The second kappa shape index (κ2) is 4.47. The average Bonchev–Trinajstić information content (AvgIpc) is 2.64. The van der Waals surface area contributed by atoms with Crippen LogP contribution in [0.15, 0.2) is 12.1 Å². The number of rotatable bonds is 1. The van der Waals surface area contributed by atoms with Gasteiger partial charge in [0.15, 0.2) is 11.5 Å². The van der Waals surface area contributed by atoms with E-state index >= 15 is 0 Å². The van der Waals surface area contributed by atoms with Gasteiger partial charge in [0.2, 0.25) is 0 Å². The fraction of sp³-hybridized carbons (Fsp3) is 0.643. The molecule has 0 saturated carbocycles. The monoisotopic (exact) mass is 259 g/mol. The molecule has 1 fully saturated rings. The fourth-order valence-electron chi connectivity index (χ4n) is 2.71. The molecule has 0 bridgehead atoms. The van der Waals surface area contributed by atoms with Gasteiger partial charge in [-0.2, -0.15) is 4.52 Å². The van der Waals surface area contributed by atoms with Crippen molar-refractivity contribution in [2.24, 2.45) is 5.41 Å². The summed E-state index contributed by atoms with van der Waals surface area (Å²) in [6, 6.07) is 4.06. The van der Waals surface area contributed by atoms with Crippen LogP contribution < -0.4 is 4.90 Å². The number of nitrogens with zero attached hydrogens (tertiary/aromatic N) is 5. The quantitative estimate of drug-likeness (QED) is 0.789. The minimum atomic E-state index is 0.450. The SMILES string of the molecule is Cc1nnc2ccc(N3CCCC(C)(C)CC3)nn12. The van der Waals surface area contributed by atoms with Gasteiger partial charge in [-0.3, -0.25) is 0 Å². The van der Waals surface area contributed by atoms with Crippen LogP contribution in [0.1, 0.15) is 38.9 Å². The average molecular weight is 259 g/mol. The Hall–Kier alpha value is -1.65. The highest BCUT2D eigenvalue weighted by molar-refractivity contribution is 5.45. The Labute approximate surface area is 113 Å². The third-order valence-electron chi connectivity index (χ3n) is 4.07. The molecule has 0 radical (unpaired) electrons. The Morgan fingerprint density at radius 3 is 2.79 bits per heavy atom. The van der Waals surface area contributed by atoms with E-state index in [0.29, 0.717) is 5.41 Å². The minimum Gasteiger partial charge on any atom is -0.355 e. The van der Waals surface area contributed by atoms with Crippen molar-refractivity contribution < 1.29 is 0 Å². The van der Waals surface area contributed by atoms with E-state index in [9.17, 15) is 0 Å². The fourth-order valence-corrected chi connectivity index (χ4v) is 2.71. The summed E-state index contributed by atoms with van der Waals surface area (Å²) in [5.74, 6) is 1.88. The first-order chi connectivity index (χ1) is 9.05. The molecule has 5 heteroatoms. The summed E-state index contributed by atoms with van der Waals surface area (Å²) in [5, 5.41) is 12.8. The summed E-state index contributed by atoms with van der Waals surface area (Å²) in [7, 11) is 0. The summed E-state index contributed by atoms with van der Waals surface area (Å²) in [4.78, 5) is 2.38. The zero-order valence-electron chi connectivity index (χ0n) is 11.9. The molecule has 0 unspecified atom stereocenters. The van der Waals surface area contributed by atoms with E-state index in [1.165, 1.54) is 19.3 Å². The first-order valence-corrected chi connectivity index (χ1v) is 6.99. The predicted molar refractivity (Wildman–Crippen MR) is 75.4 cm³/mol. The highest BCUT2D eigenvalue weighted by Gasteiger charge is 2.23. The van der Waals surface area contributed by atoms with Crippen LogP contribution in [-0.2, 0) is 0 Å². The summed E-state index contributed by atoms with van der Waals surface area (Å²) in [5.41, 5.74) is 1.27. The van der Waals surface area contributed by atoms with E-state index in [-0.39, 0.29) is 0 Å². The van der Waals surface area contributed by atoms with Gasteiger partial charge in [-0.15, -0.1) is 15.3 Å². The van der Waals surface area contributed by atoms with Crippen LogP contribution in [0.5, 0.6) is 0 Å². The molecular formula is C14H21N5. The van der Waals surface area contributed by atoms with E-state index < -0.39 is 0 Å². The zero-order chi connectivity index (χ0) is 13.5. The lowest BCUT2D eigenvalue weighted by molar-refractivity contribution is 0.325. The molecule has 0 aromatic carbocycles. The van der Waals surface area contributed by atoms with Crippen LogP contribution in [-0.4, -0.2) is 32.9 Å². The van der Waals surface area contributed by atoms with Gasteiger partial charge in [0.05, 0.1) is 0 Å². The molecule has 1 aliphatic heterocycles. The van der Waals surface area contributed by atoms with Crippen molar-refractivity contribution in [1.82, 2.24) is 19.8 Å². The van der Waals surface area contributed by atoms with Gasteiger partial charge in [-0.25, -0.2) is 0 Å². The molecule has 0 atom stereocenters. The lowest BCUT2D eigenvalue weighted by atomic mass is 9.85. The van der Waals surface area contributed by atoms with Gasteiger partial charge < -0.3 is 4.90 Å². The van der Waals surface area contributed by atoms with Crippen molar-refractivity contribution in [3.05, 3.63) is 18.0 Å². The third kappa shape index (κ3) is 2.41. The topological polar surface area (TPSA) is 46.3 Å². The van der Waals surface area contributed by atoms with Gasteiger partial charge >= 0.3 is 0 Å². The molecule has 3 rings (SSSR count). The van der Waals surface area contributed by atoms with Crippen molar-refractivity contribution in [2.75, 3.05) is 18.0 Å². The van der Waals surface area contributed by atoms with Crippen LogP contribution >= 0.6 is 0 Å². The van der Waals surface area contributed by atoms with Gasteiger partial charge in [-0.1, -0.05) is 13.8 Å². The van der Waals surface area contributed by atoms with E-state index in [0.717, 1.165) is 30.4 Å². The van der Waals surface area contributed by atoms with Crippen LogP contribution in [0.25, 0.3) is 5.65 Å². The summed E-state index contributed by atoms with van der Waals surface area (Å²) in [6.07, 6.45) is 3.74. The van der Waals surface area contributed by atoms with Crippen molar-refractivity contribution in [1.29, 1.82) is 0 Å². The standard InChI is InChI=1S/C14H21N5/c1-11-15-16-12-5-6-13(17-19(11)12)18-9-4-7-14(2,3)8-10-18/h5-6H,4,7-10H2,1-3H3. The molecule has 0 N–H and O–H groups in total. The van der Waals surface area contributed by atoms with Crippen molar-refractivity contribution in [2.45, 2.75) is 40.0 Å². The van der Waals surface area contributed by atoms with Crippen molar-refractivity contribution in [3.63, 3.8) is 0 Å². The van der Waals surface area contributed by atoms with Crippen molar-refractivity contribution >= 4 is 11.5 Å². The molecule has 0 amide bonds. The summed E-state index contributed by atoms with van der Waals surface area (Å²) < 4.78 is 1.82. The molecule has 0 spiro atoms. The van der Waals surface area contributed by atoms with Crippen LogP contribution in [0, 0.1) is 12.3 Å². The Morgan fingerprint density at radius 1 is 1.11 bits per heavy atom. The lowest BCUT2D eigenvalue weighted by Gasteiger charge is -2.23. The number of aromatic nitrogens is 4. The smallest absolute Gasteiger partial charge is 0.178 e. The molecule has 102 valence electrons. The zero-order valence-corrected chi connectivity index (χ0v) is 11.9. The van der Waals surface area contributed by atoms with Crippen LogP contribution in [0.2, 0.25) is 0 Å². The Morgan fingerprint density at radius 2 is 1.95 bits per heavy atom. The molecule has 19 heavy (non-hydrogen) atoms.